The van der Waals surface area contributed by atoms with Gasteiger partial charge in [-0.25, -0.2) is 9.97 Å². The lowest BCUT2D eigenvalue weighted by atomic mass is 9.98. The van der Waals surface area contributed by atoms with Crippen LogP contribution in [-0.2, 0) is 7.05 Å². The fraction of sp³-hybridized carbons (Fsp3) is 0.462. The van der Waals surface area contributed by atoms with Gasteiger partial charge in [0, 0.05) is 24.6 Å². The van der Waals surface area contributed by atoms with Crippen molar-refractivity contribution in [3.8, 4) is 11.4 Å². The van der Waals surface area contributed by atoms with E-state index in [1.165, 1.54) is 0 Å². The van der Waals surface area contributed by atoms with Crippen LogP contribution in [0.5, 0.6) is 0 Å². The van der Waals surface area contributed by atoms with Crippen molar-refractivity contribution in [1.82, 2.24) is 19.7 Å². The molecule has 0 aromatic carbocycles. The molecule has 2 aromatic heterocycles. The lowest BCUT2D eigenvalue weighted by Crippen LogP contribution is -2.14. The Labute approximate surface area is 107 Å². The van der Waals surface area contributed by atoms with Crippen molar-refractivity contribution in [2.75, 3.05) is 6.54 Å². The van der Waals surface area contributed by atoms with Gasteiger partial charge in [-0.3, -0.25) is 4.68 Å². The van der Waals surface area contributed by atoms with Crippen molar-refractivity contribution in [1.29, 1.82) is 0 Å². The van der Waals surface area contributed by atoms with Crippen molar-refractivity contribution in [2.24, 2.45) is 12.8 Å². The van der Waals surface area contributed by atoms with Crippen LogP contribution in [0, 0.1) is 13.8 Å². The molecule has 0 amide bonds. The van der Waals surface area contributed by atoms with Crippen LogP contribution < -0.4 is 5.73 Å². The first-order valence-electron chi connectivity index (χ1n) is 6.07. The molecule has 2 aromatic rings. The fourth-order valence-corrected chi connectivity index (χ4v) is 2.22. The largest absolute Gasteiger partial charge is 0.330 e. The predicted molar refractivity (Wildman–Crippen MR) is 71.2 cm³/mol. The maximum absolute atomic E-state index is 5.73. The van der Waals surface area contributed by atoms with Gasteiger partial charge in [-0.15, -0.1) is 0 Å². The Morgan fingerprint density at radius 3 is 2.33 bits per heavy atom. The molecular weight excluding hydrogens is 226 g/mol. The molecule has 0 radical (unpaired) electrons. The highest BCUT2D eigenvalue weighted by molar-refractivity contribution is 5.53. The summed E-state index contributed by atoms with van der Waals surface area (Å²) < 4.78 is 1.75. The van der Waals surface area contributed by atoms with Crippen LogP contribution in [0.2, 0.25) is 0 Å². The summed E-state index contributed by atoms with van der Waals surface area (Å²) in [5.41, 5.74) is 9.82. The van der Waals surface area contributed by atoms with E-state index in [0.717, 1.165) is 28.3 Å². The second-order valence-corrected chi connectivity index (χ2v) is 4.67. The van der Waals surface area contributed by atoms with Crippen LogP contribution in [0.3, 0.4) is 0 Å². The zero-order valence-electron chi connectivity index (χ0n) is 11.3. The van der Waals surface area contributed by atoms with Gasteiger partial charge >= 0.3 is 0 Å². The summed E-state index contributed by atoms with van der Waals surface area (Å²) in [5.74, 6) is 1.01. The minimum absolute atomic E-state index is 0.285. The van der Waals surface area contributed by atoms with E-state index in [0.29, 0.717) is 6.54 Å². The van der Waals surface area contributed by atoms with Crippen LogP contribution in [0.1, 0.15) is 29.8 Å². The van der Waals surface area contributed by atoms with E-state index in [4.69, 9.17) is 5.73 Å². The maximum Gasteiger partial charge on any atom is 0.162 e. The molecule has 0 spiro atoms. The van der Waals surface area contributed by atoms with E-state index in [2.05, 4.69) is 22.0 Å². The molecule has 0 saturated heterocycles. The predicted octanol–water partition coefficient (Wildman–Crippen LogP) is 1.56. The minimum atomic E-state index is 0.285. The van der Waals surface area contributed by atoms with E-state index >= 15 is 0 Å². The lowest BCUT2D eigenvalue weighted by Gasteiger charge is -2.15. The lowest BCUT2D eigenvalue weighted by molar-refractivity contribution is 0.744. The molecule has 0 aliphatic carbocycles. The summed E-state index contributed by atoms with van der Waals surface area (Å²) in [6.45, 7) is 6.73. The zero-order chi connectivity index (χ0) is 13.3. The first-order valence-corrected chi connectivity index (χ1v) is 6.07. The van der Waals surface area contributed by atoms with Crippen molar-refractivity contribution in [2.45, 2.75) is 26.7 Å². The Bertz CT molecular complexity index is 535. The van der Waals surface area contributed by atoms with Crippen LogP contribution >= 0.6 is 0 Å². The molecule has 18 heavy (non-hydrogen) atoms. The van der Waals surface area contributed by atoms with Gasteiger partial charge in [0.15, 0.2) is 5.82 Å². The molecule has 0 aliphatic heterocycles. The smallest absolute Gasteiger partial charge is 0.162 e. The summed E-state index contributed by atoms with van der Waals surface area (Å²) >= 11 is 0. The third kappa shape index (κ3) is 2.26. The van der Waals surface area contributed by atoms with Gasteiger partial charge in [-0.05, 0) is 31.9 Å². The summed E-state index contributed by atoms with van der Waals surface area (Å²) in [4.78, 5) is 9.13. The van der Waals surface area contributed by atoms with Crippen LogP contribution in [0.25, 0.3) is 11.4 Å². The normalized spacial score (nSPS) is 12.7. The molecule has 0 bridgehead atoms. The molecule has 0 aliphatic rings. The highest BCUT2D eigenvalue weighted by Crippen LogP contribution is 2.23. The Hall–Kier alpha value is -1.75. The number of hydrogen-bond acceptors (Lipinski definition) is 4. The highest BCUT2D eigenvalue weighted by atomic mass is 15.2. The van der Waals surface area contributed by atoms with Crippen LogP contribution in [0.4, 0.5) is 0 Å². The summed E-state index contributed by atoms with van der Waals surface area (Å²) in [6.07, 6.45) is 3.69. The molecule has 1 unspecified atom stereocenters. The average molecular weight is 245 g/mol. The summed E-state index contributed by atoms with van der Waals surface area (Å²) in [7, 11) is 1.88. The number of nitrogens with zero attached hydrogens (tertiary/aromatic N) is 4. The number of aromatic nitrogens is 4. The topological polar surface area (TPSA) is 69.6 Å². The monoisotopic (exact) mass is 245 g/mol. The van der Waals surface area contributed by atoms with E-state index in [9.17, 15) is 0 Å². The molecular formula is C13H19N5. The standard InChI is InChI=1S/C13H19N5/c1-8(5-14)12-9(2)16-13(17-10(12)3)11-6-15-18(4)7-11/h6-8H,5,14H2,1-4H3. The SMILES string of the molecule is Cc1nc(-c2cnn(C)c2)nc(C)c1C(C)CN. The quantitative estimate of drug-likeness (QED) is 0.890. The molecule has 0 saturated carbocycles. The van der Waals surface area contributed by atoms with Gasteiger partial charge in [0.05, 0.1) is 11.8 Å². The van der Waals surface area contributed by atoms with Crippen molar-refractivity contribution >= 4 is 0 Å². The maximum atomic E-state index is 5.73. The fourth-order valence-electron chi connectivity index (χ4n) is 2.22. The first-order chi connectivity index (χ1) is 8.52. The third-order valence-corrected chi connectivity index (χ3v) is 3.14. The number of rotatable bonds is 3. The summed E-state index contributed by atoms with van der Waals surface area (Å²) in [5, 5.41) is 4.14. The molecule has 96 valence electrons. The van der Waals surface area contributed by atoms with Gasteiger partial charge in [0.25, 0.3) is 0 Å². The van der Waals surface area contributed by atoms with Gasteiger partial charge in [-0.2, -0.15) is 5.10 Å². The molecule has 2 N–H and O–H groups in total. The van der Waals surface area contributed by atoms with Gasteiger partial charge < -0.3 is 5.73 Å². The van der Waals surface area contributed by atoms with E-state index in [1.54, 1.807) is 10.9 Å². The molecule has 5 nitrogen and oxygen atoms in total. The molecule has 1 atom stereocenters. The second-order valence-electron chi connectivity index (χ2n) is 4.67. The molecule has 0 fully saturated rings. The summed E-state index contributed by atoms with van der Waals surface area (Å²) in [6, 6.07) is 0. The van der Waals surface area contributed by atoms with Gasteiger partial charge in [-0.1, -0.05) is 6.92 Å². The Morgan fingerprint density at radius 1 is 1.28 bits per heavy atom. The minimum Gasteiger partial charge on any atom is -0.330 e. The molecule has 2 rings (SSSR count). The Balaban J connectivity index is 2.48. The molecule has 2 heterocycles. The first kappa shape index (κ1) is 12.7. The highest BCUT2D eigenvalue weighted by Gasteiger charge is 2.15. The van der Waals surface area contributed by atoms with Crippen molar-refractivity contribution < 1.29 is 0 Å². The van der Waals surface area contributed by atoms with E-state index in [-0.39, 0.29) is 5.92 Å². The average Bonchev–Trinajstić information content (AvgIpc) is 2.74. The number of aryl methyl sites for hydroxylation is 3. The zero-order valence-corrected chi connectivity index (χ0v) is 11.3. The van der Waals surface area contributed by atoms with Gasteiger partial charge in [0.2, 0.25) is 0 Å². The van der Waals surface area contributed by atoms with Crippen molar-refractivity contribution in [3.63, 3.8) is 0 Å². The molecule has 5 heteroatoms. The second kappa shape index (κ2) is 4.86. The van der Waals surface area contributed by atoms with E-state index in [1.807, 2.05) is 27.1 Å². The van der Waals surface area contributed by atoms with E-state index < -0.39 is 0 Å². The Kier molecular flexibility index (Phi) is 3.43. The Morgan fingerprint density at radius 2 is 1.89 bits per heavy atom. The number of hydrogen-bond donors (Lipinski definition) is 1. The van der Waals surface area contributed by atoms with Crippen molar-refractivity contribution in [3.05, 3.63) is 29.3 Å². The number of nitrogens with two attached hydrogens (primary N) is 1. The third-order valence-electron chi connectivity index (χ3n) is 3.14. The van der Waals surface area contributed by atoms with Gasteiger partial charge in [0.1, 0.15) is 0 Å². The van der Waals surface area contributed by atoms with Crippen LogP contribution in [-0.4, -0.2) is 26.3 Å². The van der Waals surface area contributed by atoms with Crippen LogP contribution in [0.15, 0.2) is 12.4 Å².